The molecule has 1 atom stereocenters. The number of hydrogen-bond donors (Lipinski definition) is 1. The van der Waals surface area contributed by atoms with Gasteiger partial charge in [0, 0.05) is 18.0 Å². The zero-order valence-electron chi connectivity index (χ0n) is 17.5. The van der Waals surface area contributed by atoms with Crippen molar-refractivity contribution in [3.8, 4) is 5.75 Å². The van der Waals surface area contributed by atoms with Gasteiger partial charge in [-0.1, -0.05) is 24.3 Å². The minimum absolute atomic E-state index is 0.119. The van der Waals surface area contributed by atoms with Gasteiger partial charge in [-0.05, 0) is 35.7 Å². The van der Waals surface area contributed by atoms with Gasteiger partial charge in [-0.3, -0.25) is 4.79 Å². The molecule has 2 N–H and O–H groups in total. The summed E-state index contributed by atoms with van der Waals surface area (Å²) in [6, 6.07) is 13.8. The number of methoxy groups -OCH3 is 1. The summed E-state index contributed by atoms with van der Waals surface area (Å²) in [7, 11) is -2.10. The molecule has 0 radical (unpaired) electrons. The lowest BCUT2D eigenvalue weighted by Crippen LogP contribution is -2.50. The molecule has 1 aliphatic heterocycles. The Balaban J connectivity index is 1.65. The second-order valence-electron chi connectivity index (χ2n) is 7.85. The molecule has 0 fully saturated rings. The number of ether oxygens (including phenoxy) is 1. The van der Waals surface area contributed by atoms with E-state index in [9.17, 15) is 13.2 Å². The lowest BCUT2D eigenvalue weighted by molar-refractivity contribution is 0.0784. The van der Waals surface area contributed by atoms with Crippen LogP contribution in [0.1, 0.15) is 15.9 Å². The Morgan fingerprint density at radius 2 is 1.91 bits per heavy atom. The van der Waals surface area contributed by atoms with E-state index >= 15 is 0 Å². The molecule has 0 saturated heterocycles. The number of anilines is 1. The number of pyridine rings is 1. The van der Waals surface area contributed by atoms with Gasteiger partial charge in [-0.15, -0.1) is 5.10 Å². The highest BCUT2D eigenvalue weighted by Gasteiger charge is 2.38. The van der Waals surface area contributed by atoms with Crippen LogP contribution in [0.4, 0.5) is 5.82 Å². The van der Waals surface area contributed by atoms with Crippen molar-refractivity contribution in [1.29, 1.82) is 0 Å². The standard InChI is InChI=1S/C22H21N5O4S/c1-31-16-8-7-14-9-17-20(23)25-27(21(17)24-18(14)11-16)22(28)19-10-13-5-3-4-6-15(13)12-26(19)32(2,29)30/h3-9,11,19H,10,12H2,1-2H3,(H2,23,25). The number of sulfonamides is 1. The van der Waals surface area contributed by atoms with Crippen molar-refractivity contribution in [3.05, 3.63) is 59.7 Å². The molecule has 32 heavy (non-hydrogen) atoms. The molecule has 1 unspecified atom stereocenters. The van der Waals surface area contributed by atoms with Crippen LogP contribution in [-0.2, 0) is 23.0 Å². The quantitative estimate of drug-likeness (QED) is 0.507. The molecule has 164 valence electrons. The summed E-state index contributed by atoms with van der Waals surface area (Å²) in [4.78, 5) is 18.2. The monoisotopic (exact) mass is 451 g/mol. The molecule has 1 aliphatic rings. The average Bonchev–Trinajstić information content (AvgIpc) is 3.10. The summed E-state index contributed by atoms with van der Waals surface area (Å²) in [5.74, 6) is 0.281. The molecule has 0 saturated carbocycles. The minimum atomic E-state index is -3.66. The number of nitrogens with two attached hydrogens (primary N) is 1. The van der Waals surface area contributed by atoms with E-state index in [-0.39, 0.29) is 24.4 Å². The third-order valence-corrected chi connectivity index (χ3v) is 7.05. The highest BCUT2D eigenvalue weighted by atomic mass is 32.2. The van der Waals surface area contributed by atoms with E-state index in [4.69, 9.17) is 10.5 Å². The molecule has 5 rings (SSSR count). The number of benzene rings is 2. The fourth-order valence-electron chi connectivity index (χ4n) is 4.18. The van der Waals surface area contributed by atoms with Crippen LogP contribution in [0, 0.1) is 0 Å². The fraction of sp³-hybridized carbons (Fsp3) is 0.227. The van der Waals surface area contributed by atoms with Gasteiger partial charge in [0.2, 0.25) is 10.0 Å². The SMILES string of the molecule is COc1ccc2cc3c(N)nn(C(=O)C4Cc5ccccc5CN4S(C)(=O)=O)c3nc2c1. The van der Waals surface area contributed by atoms with Gasteiger partial charge >= 0.3 is 0 Å². The predicted octanol–water partition coefficient (Wildman–Crippen LogP) is 2.20. The lowest BCUT2D eigenvalue weighted by Gasteiger charge is -2.33. The first-order chi connectivity index (χ1) is 15.3. The van der Waals surface area contributed by atoms with E-state index in [1.165, 1.54) is 4.31 Å². The maximum Gasteiger partial charge on any atom is 0.267 e. The summed E-state index contributed by atoms with van der Waals surface area (Å²) < 4.78 is 32.7. The normalized spacial score (nSPS) is 16.9. The van der Waals surface area contributed by atoms with Crippen LogP contribution in [-0.4, -0.2) is 52.8 Å². The topological polar surface area (TPSA) is 120 Å². The predicted molar refractivity (Wildman–Crippen MR) is 121 cm³/mol. The number of rotatable bonds is 3. The van der Waals surface area contributed by atoms with Crippen molar-refractivity contribution in [1.82, 2.24) is 19.1 Å². The van der Waals surface area contributed by atoms with Crippen molar-refractivity contribution in [2.45, 2.75) is 19.0 Å². The Morgan fingerprint density at radius 3 is 2.62 bits per heavy atom. The number of carbonyl (C=O) groups is 1. The Kier molecular flexibility index (Phi) is 4.64. The van der Waals surface area contributed by atoms with Crippen LogP contribution >= 0.6 is 0 Å². The molecule has 0 spiro atoms. The Morgan fingerprint density at radius 1 is 1.16 bits per heavy atom. The second-order valence-corrected chi connectivity index (χ2v) is 9.79. The van der Waals surface area contributed by atoms with Gasteiger partial charge in [0.25, 0.3) is 5.91 Å². The van der Waals surface area contributed by atoms with Crippen molar-refractivity contribution in [2.24, 2.45) is 0 Å². The molecule has 4 aromatic rings. The minimum Gasteiger partial charge on any atom is -0.497 e. The molecule has 0 aliphatic carbocycles. The highest BCUT2D eigenvalue weighted by Crippen LogP contribution is 2.30. The van der Waals surface area contributed by atoms with Gasteiger partial charge in [0.1, 0.15) is 11.8 Å². The maximum absolute atomic E-state index is 13.6. The van der Waals surface area contributed by atoms with Crippen molar-refractivity contribution >= 4 is 43.7 Å². The molecule has 3 heterocycles. The number of nitrogen functional groups attached to an aromatic ring is 1. The third kappa shape index (κ3) is 3.28. The molecule has 9 nitrogen and oxygen atoms in total. The number of carbonyl (C=O) groups excluding carboxylic acids is 1. The van der Waals surface area contributed by atoms with Crippen LogP contribution in [0.15, 0.2) is 48.5 Å². The molecule has 10 heteroatoms. The van der Waals surface area contributed by atoms with Crippen LogP contribution in [0.3, 0.4) is 0 Å². The number of fused-ring (bicyclic) bond motifs is 3. The van der Waals surface area contributed by atoms with Crippen molar-refractivity contribution < 1.29 is 17.9 Å². The second kappa shape index (κ2) is 7.28. The van der Waals surface area contributed by atoms with Crippen molar-refractivity contribution in [2.75, 3.05) is 19.1 Å². The summed E-state index contributed by atoms with van der Waals surface area (Å²) in [5, 5.41) is 5.58. The van der Waals surface area contributed by atoms with Gasteiger partial charge in [-0.2, -0.15) is 8.99 Å². The Labute approximate surface area is 184 Å². The van der Waals surface area contributed by atoms with Crippen LogP contribution in [0.25, 0.3) is 21.9 Å². The highest BCUT2D eigenvalue weighted by molar-refractivity contribution is 7.88. The third-order valence-electron chi connectivity index (χ3n) is 5.81. The van der Waals surface area contributed by atoms with E-state index in [0.717, 1.165) is 27.5 Å². The van der Waals surface area contributed by atoms with Gasteiger partial charge in [-0.25, -0.2) is 13.4 Å². The fourth-order valence-corrected chi connectivity index (χ4v) is 5.18. The first kappa shape index (κ1) is 20.4. The molecular weight excluding hydrogens is 430 g/mol. The van der Waals surface area contributed by atoms with Crippen molar-refractivity contribution in [3.63, 3.8) is 0 Å². The van der Waals surface area contributed by atoms with Crippen LogP contribution in [0.5, 0.6) is 5.75 Å². The molecular formula is C22H21N5O4S. The molecule has 0 bridgehead atoms. The van der Waals surface area contributed by atoms with Gasteiger partial charge < -0.3 is 10.5 Å². The van der Waals surface area contributed by atoms with Gasteiger partial charge in [0.05, 0.1) is 24.3 Å². The zero-order chi connectivity index (χ0) is 22.6. The van der Waals surface area contributed by atoms with Gasteiger partial charge in [0.15, 0.2) is 11.5 Å². The zero-order valence-corrected chi connectivity index (χ0v) is 18.3. The largest absolute Gasteiger partial charge is 0.497 e. The number of aromatic nitrogens is 3. The van der Waals surface area contributed by atoms with E-state index in [1.54, 1.807) is 13.2 Å². The van der Waals surface area contributed by atoms with Crippen LogP contribution < -0.4 is 10.5 Å². The average molecular weight is 452 g/mol. The number of nitrogens with zero attached hydrogens (tertiary/aromatic N) is 4. The molecule has 0 amide bonds. The Bertz CT molecular complexity index is 1500. The van der Waals surface area contributed by atoms with E-state index in [1.807, 2.05) is 42.5 Å². The first-order valence-electron chi connectivity index (χ1n) is 9.97. The summed E-state index contributed by atoms with van der Waals surface area (Å²) in [6.07, 6.45) is 1.35. The summed E-state index contributed by atoms with van der Waals surface area (Å²) >= 11 is 0. The maximum atomic E-state index is 13.6. The van der Waals surface area contributed by atoms with E-state index in [2.05, 4.69) is 10.1 Å². The van der Waals surface area contributed by atoms with E-state index in [0.29, 0.717) is 16.7 Å². The molecule has 2 aromatic heterocycles. The Hall–Kier alpha value is -3.50. The summed E-state index contributed by atoms with van der Waals surface area (Å²) in [6.45, 7) is 0.119. The summed E-state index contributed by atoms with van der Waals surface area (Å²) in [5.41, 5.74) is 8.80. The number of hydrogen-bond acceptors (Lipinski definition) is 7. The van der Waals surface area contributed by atoms with Crippen LogP contribution in [0.2, 0.25) is 0 Å². The van der Waals surface area contributed by atoms with E-state index < -0.39 is 22.0 Å². The smallest absolute Gasteiger partial charge is 0.267 e. The first-order valence-corrected chi connectivity index (χ1v) is 11.8. The lowest BCUT2D eigenvalue weighted by atomic mass is 9.95. The molecule has 2 aromatic carbocycles.